The molecule has 2 saturated heterocycles. The second kappa shape index (κ2) is 8.68. The van der Waals surface area contributed by atoms with Crippen molar-refractivity contribution in [3.05, 3.63) is 60.2 Å². The predicted octanol–water partition coefficient (Wildman–Crippen LogP) is 3.68. The van der Waals surface area contributed by atoms with Crippen molar-refractivity contribution in [3.8, 4) is 11.1 Å². The van der Waals surface area contributed by atoms with E-state index in [-0.39, 0.29) is 5.91 Å². The van der Waals surface area contributed by atoms with Crippen LogP contribution < -0.4 is 0 Å². The van der Waals surface area contributed by atoms with Gasteiger partial charge in [-0.05, 0) is 43.0 Å². The van der Waals surface area contributed by atoms with Crippen LogP contribution in [0.5, 0.6) is 0 Å². The number of carbonyl (C=O) groups is 1. The molecule has 2 aromatic carbocycles. The van der Waals surface area contributed by atoms with Gasteiger partial charge in [-0.15, -0.1) is 0 Å². The lowest BCUT2D eigenvalue weighted by Gasteiger charge is -2.24. The molecule has 2 fully saturated rings. The van der Waals surface area contributed by atoms with Gasteiger partial charge in [0.05, 0.1) is 6.10 Å². The second-order valence-corrected chi connectivity index (χ2v) is 7.49. The second-order valence-electron chi connectivity index (χ2n) is 7.49. The number of carbonyl (C=O) groups excluding carboxylic acids is 1. The van der Waals surface area contributed by atoms with Gasteiger partial charge in [0.25, 0.3) is 5.91 Å². The van der Waals surface area contributed by atoms with Crippen LogP contribution in [-0.2, 0) is 4.74 Å². The Bertz CT molecular complexity index is 756. The van der Waals surface area contributed by atoms with Gasteiger partial charge in [-0.2, -0.15) is 0 Å². The Morgan fingerprint density at radius 3 is 2.56 bits per heavy atom. The molecule has 2 aromatic rings. The fraction of sp³-hybridized carbons (Fsp3) is 0.435. The summed E-state index contributed by atoms with van der Waals surface area (Å²) in [6.45, 7) is 5.49. The summed E-state index contributed by atoms with van der Waals surface area (Å²) in [5, 5.41) is 0. The van der Waals surface area contributed by atoms with Crippen molar-refractivity contribution in [1.29, 1.82) is 0 Å². The zero-order valence-electron chi connectivity index (χ0n) is 15.8. The summed E-state index contributed by atoms with van der Waals surface area (Å²) in [5.41, 5.74) is 2.91. The Labute approximate surface area is 161 Å². The molecule has 4 rings (SSSR count). The van der Waals surface area contributed by atoms with Gasteiger partial charge >= 0.3 is 0 Å². The van der Waals surface area contributed by atoms with Gasteiger partial charge in [0.15, 0.2) is 0 Å². The quantitative estimate of drug-likeness (QED) is 0.830. The predicted molar refractivity (Wildman–Crippen MR) is 108 cm³/mol. The monoisotopic (exact) mass is 364 g/mol. The largest absolute Gasteiger partial charge is 0.377 e. The Hall–Kier alpha value is -2.17. The van der Waals surface area contributed by atoms with Crippen LogP contribution in [-0.4, -0.2) is 61.1 Å². The molecule has 4 nitrogen and oxygen atoms in total. The molecule has 0 radical (unpaired) electrons. The molecule has 0 saturated carbocycles. The van der Waals surface area contributed by atoms with Crippen LogP contribution in [0.3, 0.4) is 0 Å². The Morgan fingerprint density at radius 2 is 1.74 bits per heavy atom. The highest BCUT2D eigenvalue weighted by Crippen LogP contribution is 2.25. The van der Waals surface area contributed by atoms with Gasteiger partial charge in [-0.1, -0.05) is 48.5 Å². The van der Waals surface area contributed by atoms with Crippen LogP contribution in [0.1, 0.15) is 29.6 Å². The van der Waals surface area contributed by atoms with Crippen molar-refractivity contribution in [1.82, 2.24) is 9.80 Å². The first-order chi connectivity index (χ1) is 13.3. The van der Waals surface area contributed by atoms with Crippen molar-refractivity contribution in [2.24, 2.45) is 0 Å². The maximum atomic E-state index is 13.3. The molecule has 0 spiro atoms. The molecule has 0 aliphatic carbocycles. The first-order valence-corrected chi connectivity index (χ1v) is 10.1. The number of rotatable bonds is 4. The first-order valence-electron chi connectivity index (χ1n) is 10.1. The molecule has 0 bridgehead atoms. The van der Waals surface area contributed by atoms with Crippen LogP contribution in [0.4, 0.5) is 0 Å². The lowest BCUT2D eigenvalue weighted by molar-refractivity contribution is 0.0704. The zero-order valence-corrected chi connectivity index (χ0v) is 15.8. The maximum absolute atomic E-state index is 13.3. The number of hydrogen-bond acceptors (Lipinski definition) is 3. The van der Waals surface area contributed by atoms with Crippen LogP contribution in [0.25, 0.3) is 11.1 Å². The van der Waals surface area contributed by atoms with E-state index >= 15 is 0 Å². The van der Waals surface area contributed by atoms with Gasteiger partial charge in [0, 0.05) is 38.3 Å². The number of hydrogen-bond donors (Lipinski definition) is 0. The minimum atomic E-state index is 0.147. The van der Waals surface area contributed by atoms with Crippen LogP contribution >= 0.6 is 0 Å². The smallest absolute Gasteiger partial charge is 0.254 e. The number of amides is 1. The lowest BCUT2D eigenvalue weighted by atomic mass is 9.99. The van der Waals surface area contributed by atoms with Gasteiger partial charge in [-0.25, -0.2) is 0 Å². The molecular formula is C23H28N2O2. The van der Waals surface area contributed by atoms with Crippen LogP contribution in [0.2, 0.25) is 0 Å². The number of benzene rings is 2. The van der Waals surface area contributed by atoms with Crippen molar-refractivity contribution < 1.29 is 9.53 Å². The molecule has 0 unspecified atom stereocenters. The fourth-order valence-electron chi connectivity index (χ4n) is 4.14. The molecule has 2 aliphatic heterocycles. The van der Waals surface area contributed by atoms with E-state index in [4.69, 9.17) is 4.74 Å². The Kier molecular flexibility index (Phi) is 5.85. The minimum Gasteiger partial charge on any atom is -0.377 e. The number of ether oxygens (including phenoxy) is 1. The highest BCUT2D eigenvalue weighted by atomic mass is 16.5. The molecule has 2 heterocycles. The maximum Gasteiger partial charge on any atom is 0.254 e. The molecule has 0 N–H and O–H groups in total. The van der Waals surface area contributed by atoms with Crippen LogP contribution in [0.15, 0.2) is 54.6 Å². The third kappa shape index (κ3) is 4.40. The summed E-state index contributed by atoms with van der Waals surface area (Å²) in [5.74, 6) is 0.147. The van der Waals surface area contributed by atoms with E-state index in [1.807, 2.05) is 47.4 Å². The van der Waals surface area contributed by atoms with E-state index < -0.39 is 0 Å². The average molecular weight is 364 g/mol. The number of nitrogens with zero attached hydrogens (tertiary/aromatic N) is 2. The standard InChI is InChI=1S/C23H28N2O2/c26-23(22-12-5-4-11-21(22)19-8-2-1-3-9-19)25-14-7-13-24(15-16-25)18-20-10-6-17-27-20/h1-5,8-9,11-12,20H,6-7,10,13-18H2/t20-/m1/s1. The van der Waals surface area contributed by atoms with Crippen LogP contribution in [0, 0.1) is 0 Å². The molecule has 142 valence electrons. The van der Waals surface area contributed by atoms with E-state index in [1.165, 1.54) is 12.8 Å². The molecule has 0 aromatic heterocycles. The first kappa shape index (κ1) is 18.2. The summed E-state index contributed by atoms with van der Waals surface area (Å²) in [4.78, 5) is 17.8. The lowest BCUT2D eigenvalue weighted by Crippen LogP contribution is -2.37. The summed E-state index contributed by atoms with van der Waals surface area (Å²) in [7, 11) is 0. The molecule has 4 heteroatoms. The van der Waals surface area contributed by atoms with Crippen molar-refractivity contribution >= 4 is 5.91 Å². The van der Waals surface area contributed by atoms with Gasteiger partial charge in [0.2, 0.25) is 0 Å². The van der Waals surface area contributed by atoms with E-state index in [0.717, 1.165) is 62.4 Å². The summed E-state index contributed by atoms with van der Waals surface area (Å²) in [6.07, 6.45) is 3.75. The molecule has 2 aliphatic rings. The summed E-state index contributed by atoms with van der Waals surface area (Å²) < 4.78 is 5.78. The van der Waals surface area contributed by atoms with Crippen molar-refractivity contribution in [2.75, 3.05) is 39.3 Å². The highest BCUT2D eigenvalue weighted by molar-refractivity contribution is 6.00. The zero-order chi connectivity index (χ0) is 18.5. The molecule has 1 atom stereocenters. The van der Waals surface area contributed by atoms with Crippen molar-refractivity contribution in [2.45, 2.75) is 25.4 Å². The van der Waals surface area contributed by atoms with E-state index in [0.29, 0.717) is 6.10 Å². The summed E-state index contributed by atoms with van der Waals surface area (Å²) in [6, 6.07) is 18.1. The minimum absolute atomic E-state index is 0.147. The van der Waals surface area contributed by atoms with Gasteiger partial charge < -0.3 is 9.64 Å². The topological polar surface area (TPSA) is 32.8 Å². The highest BCUT2D eigenvalue weighted by Gasteiger charge is 2.25. The van der Waals surface area contributed by atoms with Crippen molar-refractivity contribution in [3.63, 3.8) is 0 Å². The average Bonchev–Trinajstić information content (AvgIpc) is 3.12. The molecule has 1 amide bonds. The third-order valence-electron chi connectivity index (χ3n) is 5.60. The molecular weight excluding hydrogens is 336 g/mol. The fourth-order valence-corrected chi connectivity index (χ4v) is 4.14. The van der Waals surface area contributed by atoms with E-state index in [2.05, 4.69) is 17.0 Å². The third-order valence-corrected chi connectivity index (χ3v) is 5.60. The van der Waals surface area contributed by atoms with E-state index in [1.54, 1.807) is 0 Å². The normalized spacial score (nSPS) is 21.2. The summed E-state index contributed by atoms with van der Waals surface area (Å²) >= 11 is 0. The molecule has 27 heavy (non-hydrogen) atoms. The SMILES string of the molecule is O=C(c1ccccc1-c1ccccc1)N1CCCN(C[C@H]2CCCO2)CC1. The van der Waals surface area contributed by atoms with E-state index in [9.17, 15) is 4.79 Å². The van der Waals surface area contributed by atoms with Gasteiger partial charge in [-0.3, -0.25) is 9.69 Å². The Morgan fingerprint density at radius 1 is 0.926 bits per heavy atom. The van der Waals surface area contributed by atoms with Gasteiger partial charge in [0.1, 0.15) is 0 Å². The Balaban J connectivity index is 1.45.